The van der Waals surface area contributed by atoms with Crippen LogP contribution in [0.25, 0.3) is 0 Å². The highest BCUT2D eigenvalue weighted by Gasteiger charge is 2.18. The highest BCUT2D eigenvalue weighted by atomic mass is 16.6. The second kappa shape index (κ2) is 7.91. The summed E-state index contributed by atoms with van der Waals surface area (Å²) in [5, 5.41) is 13.4. The summed E-state index contributed by atoms with van der Waals surface area (Å²) in [5.41, 5.74) is 0.323. The fraction of sp³-hybridized carbons (Fsp3) is 0.176. The molecule has 0 fully saturated rings. The molecule has 0 radical (unpaired) electrons. The molecule has 8 nitrogen and oxygen atoms in total. The number of hydrogen-bond donors (Lipinski definition) is 1. The lowest BCUT2D eigenvalue weighted by molar-refractivity contribution is -0.384. The van der Waals surface area contributed by atoms with Gasteiger partial charge in [0, 0.05) is 17.8 Å². The molecular weight excluding hydrogens is 328 g/mol. The van der Waals surface area contributed by atoms with Crippen LogP contribution in [0.2, 0.25) is 0 Å². The van der Waals surface area contributed by atoms with Gasteiger partial charge in [-0.3, -0.25) is 19.7 Å². The van der Waals surface area contributed by atoms with E-state index < -0.39 is 16.9 Å². The summed E-state index contributed by atoms with van der Waals surface area (Å²) in [6.45, 7) is 1.51. The minimum Gasteiger partial charge on any atom is -0.497 e. The van der Waals surface area contributed by atoms with Gasteiger partial charge in [-0.2, -0.15) is 0 Å². The molecule has 0 aliphatic heterocycles. The molecule has 0 heterocycles. The van der Waals surface area contributed by atoms with Gasteiger partial charge < -0.3 is 14.8 Å². The van der Waals surface area contributed by atoms with Gasteiger partial charge in [0.25, 0.3) is 11.6 Å². The predicted octanol–water partition coefficient (Wildman–Crippen LogP) is 2.82. The van der Waals surface area contributed by atoms with Crippen molar-refractivity contribution in [1.82, 2.24) is 0 Å². The summed E-state index contributed by atoms with van der Waals surface area (Å²) in [5.74, 6) is 0.321. The fourth-order valence-electron chi connectivity index (χ4n) is 2.01. The minimum atomic E-state index is -0.915. The normalized spacial score (nSPS) is 11.3. The lowest BCUT2D eigenvalue weighted by Crippen LogP contribution is -2.30. The van der Waals surface area contributed by atoms with Crippen molar-refractivity contribution in [3.63, 3.8) is 0 Å². The number of ether oxygens (including phenoxy) is 2. The Morgan fingerprint density at radius 1 is 1.24 bits per heavy atom. The number of non-ortho nitro benzene ring substituents is 1. The number of nitrogens with one attached hydrogen (secondary N) is 1. The molecule has 1 N–H and O–H groups in total. The van der Waals surface area contributed by atoms with Gasteiger partial charge >= 0.3 is 0 Å². The summed E-state index contributed by atoms with van der Waals surface area (Å²) >= 11 is 0. The van der Waals surface area contributed by atoms with Gasteiger partial charge in [0.1, 0.15) is 11.5 Å². The minimum absolute atomic E-state index is 0.00158. The molecule has 1 atom stereocenters. The molecule has 130 valence electrons. The molecule has 2 aromatic carbocycles. The van der Waals surface area contributed by atoms with Crippen LogP contribution in [0.3, 0.4) is 0 Å². The zero-order valence-electron chi connectivity index (χ0n) is 13.6. The first-order valence-corrected chi connectivity index (χ1v) is 7.29. The number of benzene rings is 2. The second-order valence-corrected chi connectivity index (χ2v) is 5.07. The first-order chi connectivity index (χ1) is 11.9. The van der Waals surface area contributed by atoms with Crippen LogP contribution in [0.4, 0.5) is 11.4 Å². The van der Waals surface area contributed by atoms with E-state index >= 15 is 0 Å². The third-order valence-corrected chi connectivity index (χ3v) is 3.36. The Bertz CT molecular complexity index is 788. The number of carbonyl (C=O) groups is 2. The van der Waals surface area contributed by atoms with E-state index in [1.807, 2.05) is 0 Å². The Morgan fingerprint density at radius 3 is 2.48 bits per heavy atom. The van der Waals surface area contributed by atoms with E-state index in [0.717, 1.165) is 6.07 Å². The van der Waals surface area contributed by atoms with E-state index in [9.17, 15) is 19.7 Å². The Hall–Kier alpha value is -3.42. The average molecular weight is 344 g/mol. The van der Waals surface area contributed by atoms with Crippen molar-refractivity contribution < 1.29 is 24.0 Å². The van der Waals surface area contributed by atoms with Gasteiger partial charge in [-0.05, 0) is 37.3 Å². The number of amides is 1. The Balaban J connectivity index is 2.07. The van der Waals surface area contributed by atoms with Crippen molar-refractivity contribution >= 4 is 23.6 Å². The van der Waals surface area contributed by atoms with Crippen LogP contribution in [-0.2, 0) is 4.79 Å². The van der Waals surface area contributed by atoms with Crippen molar-refractivity contribution in [1.29, 1.82) is 0 Å². The highest BCUT2D eigenvalue weighted by molar-refractivity contribution is 5.94. The standard InChI is InChI=1S/C17H16N2O6/c1-11(17(21)18-13-3-6-15(24-2)7-4-13)25-16-8-5-14(19(22)23)9-12(16)10-20/h3-11H,1-2H3,(H,18,21)/t11-/m1/s1. The molecule has 0 saturated carbocycles. The number of carbonyl (C=O) groups excluding carboxylic acids is 2. The van der Waals surface area contributed by atoms with Crippen LogP contribution in [-0.4, -0.2) is 30.3 Å². The van der Waals surface area contributed by atoms with E-state index in [1.54, 1.807) is 31.4 Å². The molecule has 2 aromatic rings. The number of rotatable bonds is 7. The third kappa shape index (κ3) is 4.54. The summed E-state index contributed by atoms with van der Waals surface area (Å²) < 4.78 is 10.5. The van der Waals surface area contributed by atoms with Gasteiger partial charge in [0.15, 0.2) is 12.4 Å². The maximum Gasteiger partial charge on any atom is 0.270 e. The summed E-state index contributed by atoms with van der Waals surface area (Å²) in [7, 11) is 1.54. The zero-order chi connectivity index (χ0) is 18.4. The molecule has 8 heteroatoms. The molecule has 2 rings (SSSR count). The molecule has 0 aromatic heterocycles. The monoisotopic (exact) mass is 344 g/mol. The lowest BCUT2D eigenvalue weighted by Gasteiger charge is -2.16. The highest BCUT2D eigenvalue weighted by Crippen LogP contribution is 2.24. The maximum atomic E-state index is 12.2. The quantitative estimate of drug-likeness (QED) is 0.470. The SMILES string of the molecule is COc1ccc(NC(=O)[C@@H](C)Oc2ccc([N+](=O)[O-])cc2C=O)cc1. The fourth-order valence-corrected chi connectivity index (χ4v) is 2.01. The first kappa shape index (κ1) is 17.9. The number of nitro groups is 1. The molecule has 0 aliphatic carbocycles. The number of aldehydes is 1. The number of anilines is 1. The van der Waals surface area contributed by atoms with Crippen LogP contribution in [0.15, 0.2) is 42.5 Å². The van der Waals surface area contributed by atoms with Gasteiger partial charge in [-0.25, -0.2) is 0 Å². The Morgan fingerprint density at radius 2 is 1.92 bits per heavy atom. The summed E-state index contributed by atoms with van der Waals surface area (Å²) in [6, 6.07) is 10.3. The van der Waals surface area contributed by atoms with Crippen molar-refractivity contribution in [2.75, 3.05) is 12.4 Å². The van der Waals surface area contributed by atoms with Gasteiger partial charge in [-0.15, -0.1) is 0 Å². The number of nitrogens with zero attached hydrogens (tertiary/aromatic N) is 1. The van der Waals surface area contributed by atoms with Crippen molar-refractivity contribution in [2.24, 2.45) is 0 Å². The van der Waals surface area contributed by atoms with Crippen molar-refractivity contribution in [3.8, 4) is 11.5 Å². The van der Waals surface area contributed by atoms with Crippen molar-refractivity contribution in [3.05, 3.63) is 58.1 Å². The van der Waals surface area contributed by atoms with Gasteiger partial charge in [0.2, 0.25) is 0 Å². The largest absolute Gasteiger partial charge is 0.497 e. The molecule has 0 bridgehead atoms. The van der Waals surface area contributed by atoms with Crippen LogP contribution >= 0.6 is 0 Å². The molecule has 0 spiro atoms. The third-order valence-electron chi connectivity index (χ3n) is 3.36. The van der Waals surface area contributed by atoms with Crippen LogP contribution in [0, 0.1) is 10.1 Å². The lowest BCUT2D eigenvalue weighted by atomic mass is 10.2. The van der Waals surface area contributed by atoms with Crippen LogP contribution in [0.5, 0.6) is 11.5 Å². The van der Waals surface area contributed by atoms with Crippen molar-refractivity contribution in [2.45, 2.75) is 13.0 Å². The van der Waals surface area contributed by atoms with E-state index in [1.165, 1.54) is 19.1 Å². The van der Waals surface area contributed by atoms with Gasteiger partial charge in [0.05, 0.1) is 17.6 Å². The van der Waals surface area contributed by atoms with Crippen LogP contribution < -0.4 is 14.8 Å². The number of methoxy groups -OCH3 is 1. The van der Waals surface area contributed by atoms with E-state index in [0.29, 0.717) is 17.7 Å². The average Bonchev–Trinajstić information content (AvgIpc) is 2.62. The number of hydrogen-bond acceptors (Lipinski definition) is 6. The van der Waals surface area contributed by atoms with Gasteiger partial charge in [-0.1, -0.05) is 0 Å². The molecule has 1 amide bonds. The second-order valence-electron chi connectivity index (χ2n) is 5.07. The molecule has 0 saturated heterocycles. The zero-order valence-corrected chi connectivity index (χ0v) is 13.6. The summed E-state index contributed by atoms with van der Waals surface area (Å²) in [6.07, 6.45) is -0.474. The summed E-state index contributed by atoms with van der Waals surface area (Å²) in [4.78, 5) is 33.4. The molecule has 0 aliphatic rings. The molecule has 25 heavy (non-hydrogen) atoms. The maximum absolute atomic E-state index is 12.2. The topological polar surface area (TPSA) is 108 Å². The van der Waals surface area contributed by atoms with E-state index in [2.05, 4.69) is 5.32 Å². The number of nitro benzene ring substituents is 1. The van der Waals surface area contributed by atoms with Crippen LogP contribution in [0.1, 0.15) is 17.3 Å². The van der Waals surface area contributed by atoms with E-state index in [4.69, 9.17) is 9.47 Å². The molecule has 0 unspecified atom stereocenters. The Labute approximate surface area is 143 Å². The Kier molecular flexibility index (Phi) is 5.67. The first-order valence-electron chi connectivity index (χ1n) is 7.29. The predicted molar refractivity (Wildman–Crippen MR) is 90.2 cm³/mol. The molecular formula is C17H16N2O6. The smallest absolute Gasteiger partial charge is 0.270 e. The van der Waals surface area contributed by atoms with E-state index in [-0.39, 0.29) is 17.0 Å².